The number of nitrogen functional groups attached to an aromatic ring is 5. The van der Waals surface area contributed by atoms with Crippen molar-refractivity contribution in [3.05, 3.63) is 90.5 Å². The molecule has 0 aliphatic rings. The molecule has 0 aromatic heterocycles. The van der Waals surface area contributed by atoms with Crippen LogP contribution in [0.1, 0.15) is 19.4 Å². The van der Waals surface area contributed by atoms with Crippen molar-refractivity contribution < 1.29 is 25.9 Å². The molecule has 0 heterocycles. The Kier molecular flexibility index (Phi) is 11.3. The fourth-order valence-corrected chi connectivity index (χ4v) is 4.64. The van der Waals surface area contributed by atoms with Gasteiger partial charge in [-0.05, 0) is 72.8 Å². The van der Waals surface area contributed by atoms with E-state index in [0.717, 1.165) is 0 Å². The van der Waals surface area contributed by atoms with Crippen molar-refractivity contribution in [2.45, 2.75) is 23.6 Å². The molecule has 0 radical (unpaired) electrons. The van der Waals surface area contributed by atoms with Crippen LogP contribution in [-0.4, -0.2) is 25.9 Å². The summed E-state index contributed by atoms with van der Waals surface area (Å²) in [5.41, 5.74) is 31.4. The normalized spacial score (nSPS) is 10.7. The van der Waals surface area contributed by atoms with Gasteiger partial charge in [-0.2, -0.15) is 22.1 Å². The molecule has 226 valence electrons. The van der Waals surface area contributed by atoms with E-state index in [1.165, 1.54) is 36.4 Å². The number of anilines is 5. The van der Waals surface area contributed by atoms with Crippen LogP contribution in [-0.2, 0) is 20.2 Å². The van der Waals surface area contributed by atoms with Crippen LogP contribution in [0.3, 0.4) is 0 Å². The van der Waals surface area contributed by atoms with E-state index >= 15 is 0 Å². The number of benzene rings is 5. The maximum Gasteiger partial charge on any atom is 0.294 e. The van der Waals surface area contributed by atoms with Gasteiger partial charge in [-0.3, -0.25) is 9.11 Å². The van der Waals surface area contributed by atoms with Gasteiger partial charge in [0.25, 0.3) is 20.2 Å². The molecule has 5 rings (SSSR count). The lowest BCUT2D eigenvalue weighted by Crippen LogP contribution is -1.99. The summed E-state index contributed by atoms with van der Waals surface area (Å²) in [6.07, 6.45) is 0. The highest BCUT2D eigenvalue weighted by Crippen LogP contribution is 2.29. The first-order valence-corrected chi connectivity index (χ1v) is 15.4. The summed E-state index contributed by atoms with van der Waals surface area (Å²) < 4.78 is 61.6. The lowest BCUT2D eigenvalue weighted by molar-refractivity contribution is 0.481. The van der Waals surface area contributed by atoms with Gasteiger partial charge in [0.05, 0.1) is 21.4 Å². The summed E-state index contributed by atoms with van der Waals surface area (Å²) in [5.74, 6) is 0. The van der Waals surface area contributed by atoms with Gasteiger partial charge in [0.15, 0.2) is 0 Å². The van der Waals surface area contributed by atoms with Crippen LogP contribution < -0.4 is 28.7 Å². The molecule has 0 atom stereocenters. The zero-order valence-electron chi connectivity index (χ0n) is 23.3. The van der Waals surface area contributed by atoms with E-state index in [2.05, 4.69) is 0 Å². The van der Waals surface area contributed by atoms with Crippen LogP contribution in [0.5, 0.6) is 0 Å². The molecule has 0 amide bonds. The number of nitrogens with zero attached hydrogens (tertiary/aromatic N) is 1. The van der Waals surface area contributed by atoms with Gasteiger partial charge in [-0.1, -0.05) is 26.0 Å². The van der Waals surface area contributed by atoms with Crippen molar-refractivity contribution in [2.75, 3.05) is 28.7 Å². The van der Waals surface area contributed by atoms with Gasteiger partial charge >= 0.3 is 0 Å². The van der Waals surface area contributed by atoms with Crippen molar-refractivity contribution >= 4 is 70.2 Å². The molecule has 14 heteroatoms. The van der Waals surface area contributed by atoms with E-state index < -0.39 is 20.2 Å². The predicted molar refractivity (Wildman–Crippen MR) is 172 cm³/mol. The minimum Gasteiger partial charge on any atom is -0.399 e. The summed E-state index contributed by atoms with van der Waals surface area (Å²) in [4.78, 5) is -0.394. The molecule has 5 aromatic carbocycles. The monoisotopic (exact) mass is 624 g/mol. The van der Waals surface area contributed by atoms with Crippen molar-refractivity contribution in [1.82, 2.24) is 0 Å². The van der Waals surface area contributed by atoms with Crippen molar-refractivity contribution in [3.63, 3.8) is 0 Å². The molecule has 0 bridgehead atoms. The minimum atomic E-state index is -4.22. The first kappa shape index (κ1) is 34.1. The Morgan fingerprint density at radius 1 is 0.535 bits per heavy atom. The second-order valence-corrected chi connectivity index (χ2v) is 11.4. The van der Waals surface area contributed by atoms with Gasteiger partial charge in [-0.15, -0.1) is 0 Å². The van der Waals surface area contributed by atoms with Gasteiger partial charge in [0, 0.05) is 50.0 Å². The first-order chi connectivity index (χ1) is 20.1. The maximum atomic E-state index is 11.0. The second kappa shape index (κ2) is 14.2. The fourth-order valence-electron chi connectivity index (χ4n) is 3.62. The molecule has 0 aliphatic heterocycles. The molecule has 12 N–H and O–H groups in total. The van der Waals surface area contributed by atoms with Crippen molar-refractivity contribution in [1.29, 1.82) is 5.26 Å². The zero-order valence-corrected chi connectivity index (χ0v) is 24.9. The Morgan fingerprint density at radius 2 is 0.860 bits per heavy atom. The Balaban J connectivity index is 0.000000227. The molecule has 0 fully saturated rings. The minimum absolute atomic E-state index is 0.197. The third kappa shape index (κ3) is 8.96. The molecule has 5 aromatic rings. The molecule has 12 nitrogen and oxygen atoms in total. The largest absolute Gasteiger partial charge is 0.399 e. The van der Waals surface area contributed by atoms with Crippen LogP contribution in [0.4, 0.5) is 28.4 Å². The van der Waals surface area contributed by atoms with Crippen LogP contribution >= 0.6 is 0 Å². The zero-order chi connectivity index (χ0) is 32.5. The van der Waals surface area contributed by atoms with Gasteiger partial charge in [-0.25, -0.2) is 0 Å². The number of nitrogens with two attached hydrogens (primary N) is 5. The van der Waals surface area contributed by atoms with E-state index in [4.69, 9.17) is 43.0 Å². The highest BCUT2D eigenvalue weighted by molar-refractivity contribution is 7.86. The topological polar surface area (TPSA) is 263 Å². The Hall–Kier alpha value is -5.07. The number of hydrogen-bond acceptors (Lipinski definition) is 10. The summed E-state index contributed by atoms with van der Waals surface area (Å²) in [6.45, 7) is 4.00. The molecular weight excluding hydrogens is 592 g/mol. The predicted octanol–water partition coefficient (Wildman–Crippen LogP) is 4.67. The van der Waals surface area contributed by atoms with Crippen LogP contribution in [0.25, 0.3) is 21.5 Å². The van der Waals surface area contributed by atoms with E-state index in [1.807, 2.05) is 19.9 Å². The highest BCUT2D eigenvalue weighted by atomic mass is 32.2. The van der Waals surface area contributed by atoms with Gasteiger partial charge in [0.2, 0.25) is 0 Å². The number of hydrogen-bond donors (Lipinski definition) is 7. The van der Waals surface area contributed by atoms with Crippen LogP contribution in [0.15, 0.2) is 94.7 Å². The van der Waals surface area contributed by atoms with Gasteiger partial charge in [0.1, 0.15) is 0 Å². The molecule has 0 unspecified atom stereocenters. The van der Waals surface area contributed by atoms with Crippen molar-refractivity contribution in [2.24, 2.45) is 0 Å². The number of rotatable bonds is 2. The standard InChI is InChI=1S/2C10H10N2O3S.C7H6N2.C2H6/c2*11-9-3-4-10(12)8-5-6(16(13,14)15)1-2-7(8)9;8-5-6-1-3-7(9)4-2-6;1-2/h2*1-5H,11-12H2,(H,13,14,15);1-4H,9H2;1-2H3. The quantitative estimate of drug-likeness (QED) is 0.104. The molecule has 0 saturated heterocycles. The Labute approximate surface area is 249 Å². The molecule has 0 saturated carbocycles. The molecule has 43 heavy (non-hydrogen) atoms. The Bertz CT molecular complexity index is 1890. The van der Waals surface area contributed by atoms with E-state index in [0.29, 0.717) is 55.5 Å². The smallest absolute Gasteiger partial charge is 0.294 e. The third-order valence-corrected chi connectivity index (χ3v) is 7.45. The van der Waals surface area contributed by atoms with Crippen LogP contribution in [0, 0.1) is 11.3 Å². The Morgan fingerprint density at radius 3 is 1.16 bits per heavy atom. The van der Waals surface area contributed by atoms with Gasteiger partial charge < -0.3 is 28.7 Å². The summed E-state index contributed by atoms with van der Waals surface area (Å²) in [5, 5.41) is 10.7. The SMILES string of the molecule is CC.N#Cc1ccc(N)cc1.Nc1ccc(N)c2cc(S(=O)(=O)O)ccc12.Nc1ccc(N)c2cc(S(=O)(=O)O)ccc12. The second-order valence-electron chi connectivity index (χ2n) is 8.59. The molecule has 0 spiro atoms. The summed E-state index contributed by atoms with van der Waals surface area (Å²) in [7, 11) is -8.44. The average Bonchev–Trinajstić information content (AvgIpc) is 2.98. The lowest BCUT2D eigenvalue weighted by atomic mass is 10.1. The molecular formula is C29H32N6O6S2. The first-order valence-electron chi connectivity index (χ1n) is 12.5. The fraction of sp³-hybridized carbons (Fsp3) is 0.0690. The lowest BCUT2D eigenvalue weighted by Gasteiger charge is -2.06. The van der Waals surface area contributed by atoms with Crippen molar-refractivity contribution in [3.8, 4) is 6.07 Å². The van der Waals surface area contributed by atoms with Crippen LogP contribution in [0.2, 0.25) is 0 Å². The van der Waals surface area contributed by atoms with E-state index in [1.54, 1.807) is 48.5 Å². The summed E-state index contributed by atoms with van der Waals surface area (Å²) in [6, 6.07) is 23.5. The number of fused-ring (bicyclic) bond motifs is 2. The number of nitriles is 1. The maximum absolute atomic E-state index is 11.0. The summed E-state index contributed by atoms with van der Waals surface area (Å²) >= 11 is 0. The average molecular weight is 625 g/mol. The third-order valence-electron chi connectivity index (χ3n) is 5.75. The highest BCUT2D eigenvalue weighted by Gasteiger charge is 2.13. The van der Waals surface area contributed by atoms with E-state index in [-0.39, 0.29) is 9.79 Å². The molecule has 0 aliphatic carbocycles. The van der Waals surface area contributed by atoms with E-state index in [9.17, 15) is 16.8 Å².